The van der Waals surface area contributed by atoms with Gasteiger partial charge in [-0.05, 0) is 19.9 Å². The number of nitrogen functional groups attached to an aromatic ring is 1. The van der Waals surface area contributed by atoms with Crippen LogP contribution in [0, 0.1) is 0 Å². The van der Waals surface area contributed by atoms with E-state index in [0.717, 1.165) is 4.57 Å². The lowest BCUT2D eigenvalue weighted by molar-refractivity contribution is -0.161. The van der Waals surface area contributed by atoms with E-state index >= 15 is 0 Å². The summed E-state index contributed by atoms with van der Waals surface area (Å²) in [4.78, 5) is 34.0. The van der Waals surface area contributed by atoms with Gasteiger partial charge in [0, 0.05) is 18.0 Å². The van der Waals surface area contributed by atoms with Crippen molar-refractivity contribution < 1.29 is 19.1 Å². The third kappa shape index (κ3) is 5.24. The Kier molecular flexibility index (Phi) is 5.11. The molecule has 0 aliphatic rings. The van der Waals surface area contributed by atoms with Crippen LogP contribution in [0.15, 0.2) is 23.1 Å². The number of rotatable bonds is 5. The average molecular weight is 268 g/mol. The highest BCUT2D eigenvalue weighted by molar-refractivity contribution is 5.76. The van der Waals surface area contributed by atoms with Gasteiger partial charge in [-0.15, -0.1) is 0 Å². The second-order valence-electron chi connectivity index (χ2n) is 4.13. The van der Waals surface area contributed by atoms with Crippen LogP contribution in [-0.2, 0) is 25.6 Å². The SMILES string of the molecule is CC(C)OC(=O)COC(=O)Cn1cc(N)ccc1=O. The molecule has 0 bridgehead atoms. The Bertz CT molecular complexity index is 521. The lowest BCUT2D eigenvalue weighted by atomic mass is 10.4. The molecule has 0 atom stereocenters. The van der Waals surface area contributed by atoms with Gasteiger partial charge < -0.3 is 19.8 Å². The molecular weight excluding hydrogens is 252 g/mol. The van der Waals surface area contributed by atoms with Gasteiger partial charge in [0.2, 0.25) is 0 Å². The van der Waals surface area contributed by atoms with Crippen molar-refractivity contribution in [2.45, 2.75) is 26.5 Å². The molecule has 1 rings (SSSR count). The zero-order valence-corrected chi connectivity index (χ0v) is 10.8. The summed E-state index contributed by atoms with van der Waals surface area (Å²) in [7, 11) is 0. The van der Waals surface area contributed by atoms with Crippen LogP contribution in [-0.4, -0.2) is 29.2 Å². The van der Waals surface area contributed by atoms with Crippen LogP contribution in [0.5, 0.6) is 0 Å². The van der Waals surface area contributed by atoms with E-state index in [-0.39, 0.29) is 18.2 Å². The van der Waals surface area contributed by atoms with Crippen molar-refractivity contribution in [2.24, 2.45) is 0 Å². The number of ether oxygens (including phenoxy) is 2. The monoisotopic (exact) mass is 268 g/mol. The second-order valence-corrected chi connectivity index (χ2v) is 4.13. The minimum absolute atomic E-state index is 0.275. The summed E-state index contributed by atoms with van der Waals surface area (Å²) in [6, 6.07) is 2.68. The normalized spacial score (nSPS) is 10.3. The molecule has 1 aromatic heterocycles. The summed E-state index contributed by atoms with van der Waals surface area (Å²) in [6.07, 6.45) is 1.05. The topological polar surface area (TPSA) is 101 Å². The van der Waals surface area contributed by atoms with E-state index < -0.39 is 18.5 Å². The Morgan fingerprint density at radius 2 is 2.00 bits per heavy atom. The molecule has 7 heteroatoms. The van der Waals surface area contributed by atoms with Crippen LogP contribution in [0.1, 0.15) is 13.8 Å². The van der Waals surface area contributed by atoms with E-state index in [1.54, 1.807) is 13.8 Å². The van der Waals surface area contributed by atoms with Gasteiger partial charge in [-0.1, -0.05) is 0 Å². The maximum absolute atomic E-state index is 11.4. The highest BCUT2D eigenvalue weighted by Crippen LogP contribution is 1.97. The third-order valence-corrected chi connectivity index (χ3v) is 2.02. The van der Waals surface area contributed by atoms with E-state index in [4.69, 9.17) is 10.5 Å². The predicted octanol–water partition coefficient (Wildman–Crippen LogP) is -0.0747. The first-order valence-electron chi connectivity index (χ1n) is 5.69. The maximum Gasteiger partial charge on any atom is 0.344 e. The summed E-state index contributed by atoms with van der Waals surface area (Å²) >= 11 is 0. The van der Waals surface area contributed by atoms with Crippen LogP contribution in [0.25, 0.3) is 0 Å². The fraction of sp³-hybridized carbons (Fsp3) is 0.417. The zero-order chi connectivity index (χ0) is 14.4. The Balaban J connectivity index is 2.50. The molecule has 0 amide bonds. The molecule has 1 aromatic rings. The van der Waals surface area contributed by atoms with Crippen molar-refractivity contribution in [1.82, 2.24) is 4.57 Å². The summed E-state index contributed by atoms with van der Waals surface area (Å²) < 4.78 is 10.6. The molecule has 0 aliphatic heterocycles. The number of hydrogen-bond acceptors (Lipinski definition) is 6. The number of pyridine rings is 1. The summed E-state index contributed by atoms with van der Waals surface area (Å²) in [5.74, 6) is -1.35. The Morgan fingerprint density at radius 3 is 2.63 bits per heavy atom. The molecule has 0 saturated carbocycles. The number of nitrogens with two attached hydrogens (primary N) is 1. The molecule has 0 fully saturated rings. The van der Waals surface area contributed by atoms with Crippen molar-refractivity contribution >= 4 is 17.6 Å². The van der Waals surface area contributed by atoms with Crippen molar-refractivity contribution in [3.8, 4) is 0 Å². The predicted molar refractivity (Wildman–Crippen MR) is 67.3 cm³/mol. The molecule has 2 N–H and O–H groups in total. The molecule has 0 saturated heterocycles. The molecule has 0 aliphatic carbocycles. The molecule has 0 radical (unpaired) electrons. The fourth-order valence-corrected chi connectivity index (χ4v) is 1.29. The van der Waals surface area contributed by atoms with Gasteiger partial charge in [0.05, 0.1) is 6.10 Å². The van der Waals surface area contributed by atoms with E-state index in [9.17, 15) is 14.4 Å². The number of hydrogen-bond donors (Lipinski definition) is 1. The fourth-order valence-electron chi connectivity index (χ4n) is 1.29. The van der Waals surface area contributed by atoms with Gasteiger partial charge in [-0.2, -0.15) is 0 Å². The van der Waals surface area contributed by atoms with Crippen molar-refractivity contribution in [3.63, 3.8) is 0 Å². The van der Waals surface area contributed by atoms with Gasteiger partial charge in [0.25, 0.3) is 5.56 Å². The maximum atomic E-state index is 11.4. The van der Waals surface area contributed by atoms with Crippen LogP contribution in [0.4, 0.5) is 5.69 Å². The first-order valence-corrected chi connectivity index (χ1v) is 5.69. The zero-order valence-electron chi connectivity index (χ0n) is 10.8. The van der Waals surface area contributed by atoms with E-state index in [0.29, 0.717) is 5.69 Å². The largest absolute Gasteiger partial charge is 0.460 e. The van der Waals surface area contributed by atoms with Gasteiger partial charge >= 0.3 is 11.9 Å². The number of esters is 2. The van der Waals surface area contributed by atoms with Crippen molar-refractivity contribution in [1.29, 1.82) is 0 Å². The van der Waals surface area contributed by atoms with E-state index in [1.807, 2.05) is 0 Å². The van der Waals surface area contributed by atoms with Gasteiger partial charge in [0.1, 0.15) is 6.54 Å². The number of anilines is 1. The lowest BCUT2D eigenvalue weighted by Crippen LogP contribution is -2.26. The minimum atomic E-state index is -0.714. The first-order chi connectivity index (χ1) is 8.88. The molecule has 7 nitrogen and oxygen atoms in total. The number of carbonyl (C=O) groups excluding carboxylic acids is 2. The highest BCUT2D eigenvalue weighted by atomic mass is 16.6. The smallest absolute Gasteiger partial charge is 0.344 e. The van der Waals surface area contributed by atoms with E-state index in [2.05, 4.69) is 4.74 Å². The van der Waals surface area contributed by atoms with Crippen molar-refractivity contribution in [2.75, 3.05) is 12.3 Å². The Labute approximate surface area is 109 Å². The molecule has 104 valence electrons. The number of nitrogens with zero attached hydrogens (tertiary/aromatic N) is 1. The van der Waals surface area contributed by atoms with Gasteiger partial charge in [-0.3, -0.25) is 9.59 Å². The molecule has 19 heavy (non-hydrogen) atoms. The summed E-state index contributed by atoms with van der Waals surface area (Å²) in [6.45, 7) is 2.59. The quantitative estimate of drug-likeness (QED) is 0.750. The molecule has 0 aromatic carbocycles. The second kappa shape index (κ2) is 6.58. The minimum Gasteiger partial charge on any atom is -0.460 e. The Hall–Kier alpha value is -2.31. The average Bonchev–Trinajstić information content (AvgIpc) is 2.30. The van der Waals surface area contributed by atoms with Crippen molar-refractivity contribution in [3.05, 3.63) is 28.7 Å². The number of aromatic nitrogens is 1. The first kappa shape index (κ1) is 14.7. The molecule has 0 spiro atoms. The van der Waals surface area contributed by atoms with Crippen LogP contribution in [0.3, 0.4) is 0 Å². The van der Waals surface area contributed by atoms with E-state index in [1.165, 1.54) is 18.3 Å². The summed E-state index contributed by atoms with van der Waals surface area (Å²) in [5.41, 5.74) is 5.47. The van der Waals surface area contributed by atoms with Gasteiger partial charge in [-0.25, -0.2) is 4.79 Å². The molecule has 0 unspecified atom stereocenters. The number of carbonyl (C=O) groups is 2. The van der Waals surface area contributed by atoms with Gasteiger partial charge in [0.15, 0.2) is 6.61 Å². The third-order valence-electron chi connectivity index (χ3n) is 2.02. The highest BCUT2D eigenvalue weighted by Gasteiger charge is 2.11. The lowest BCUT2D eigenvalue weighted by Gasteiger charge is -2.09. The van der Waals surface area contributed by atoms with Crippen LogP contribution < -0.4 is 11.3 Å². The van der Waals surface area contributed by atoms with Crippen LogP contribution in [0.2, 0.25) is 0 Å². The molecular formula is C12H16N2O5. The molecule has 1 heterocycles. The Morgan fingerprint density at radius 1 is 1.32 bits per heavy atom. The van der Waals surface area contributed by atoms with Crippen LogP contribution >= 0.6 is 0 Å². The summed E-state index contributed by atoms with van der Waals surface area (Å²) in [5, 5.41) is 0. The standard InChI is InChI=1S/C12H16N2O5/c1-8(2)19-12(17)7-18-11(16)6-14-5-9(13)3-4-10(14)15/h3-5,8H,6-7,13H2,1-2H3.